The molecule has 2 rings (SSSR count). The number of carbonyl (C=O) groups is 2. The van der Waals surface area contributed by atoms with Crippen LogP contribution in [0.5, 0.6) is 0 Å². The molecule has 0 spiro atoms. The number of aromatic nitrogens is 1. The molecule has 1 aliphatic carbocycles. The maximum absolute atomic E-state index is 12.1. The van der Waals surface area contributed by atoms with E-state index in [1.165, 1.54) is 0 Å². The van der Waals surface area contributed by atoms with E-state index >= 15 is 0 Å². The van der Waals surface area contributed by atoms with Gasteiger partial charge in [0.2, 0.25) is 0 Å². The predicted octanol–water partition coefficient (Wildman–Crippen LogP) is 1.76. The molecular weight excluding hydrogens is 244 g/mol. The van der Waals surface area contributed by atoms with E-state index in [-0.39, 0.29) is 11.9 Å². The second-order valence-corrected chi connectivity index (χ2v) is 5.31. The number of carboxylic acids is 1. The summed E-state index contributed by atoms with van der Waals surface area (Å²) >= 11 is 0. The highest BCUT2D eigenvalue weighted by Crippen LogP contribution is 2.38. The Hall–Kier alpha value is -1.91. The van der Waals surface area contributed by atoms with Crippen LogP contribution in [0.25, 0.3) is 0 Å². The Bertz CT molecular complexity index is 515. The van der Waals surface area contributed by atoms with Crippen LogP contribution in [0, 0.1) is 12.3 Å². The van der Waals surface area contributed by atoms with Gasteiger partial charge in [0, 0.05) is 11.7 Å². The van der Waals surface area contributed by atoms with Gasteiger partial charge < -0.3 is 10.4 Å². The molecule has 5 heteroatoms. The molecular formula is C14H18N2O3. The third-order valence-corrected chi connectivity index (χ3v) is 3.87. The second kappa shape index (κ2) is 4.99. The van der Waals surface area contributed by atoms with Crippen molar-refractivity contribution in [1.29, 1.82) is 0 Å². The Kier molecular flexibility index (Phi) is 3.55. The zero-order valence-electron chi connectivity index (χ0n) is 11.1. The zero-order chi connectivity index (χ0) is 14.0. The van der Waals surface area contributed by atoms with E-state index in [4.69, 9.17) is 0 Å². The first-order valence-electron chi connectivity index (χ1n) is 6.41. The number of carbonyl (C=O) groups excluding carboxylic acids is 1. The van der Waals surface area contributed by atoms with Crippen molar-refractivity contribution < 1.29 is 14.7 Å². The van der Waals surface area contributed by atoms with Crippen molar-refractivity contribution in [2.75, 3.05) is 0 Å². The van der Waals surface area contributed by atoms with Crippen LogP contribution >= 0.6 is 0 Å². The molecule has 0 aliphatic heterocycles. The van der Waals surface area contributed by atoms with Crippen LogP contribution in [0.3, 0.4) is 0 Å². The van der Waals surface area contributed by atoms with Crippen LogP contribution in [0.1, 0.15) is 42.4 Å². The highest BCUT2D eigenvalue weighted by molar-refractivity contribution is 5.93. The number of nitrogens with one attached hydrogen (secondary N) is 1. The molecule has 0 radical (unpaired) electrons. The molecule has 0 saturated heterocycles. The van der Waals surface area contributed by atoms with Gasteiger partial charge in [-0.1, -0.05) is 12.5 Å². The Morgan fingerprint density at radius 2 is 2.21 bits per heavy atom. The topological polar surface area (TPSA) is 79.3 Å². The molecule has 0 bridgehead atoms. The highest BCUT2D eigenvalue weighted by Gasteiger charge is 2.46. The van der Waals surface area contributed by atoms with Crippen LogP contribution in [-0.4, -0.2) is 28.0 Å². The minimum Gasteiger partial charge on any atom is -0.481 e. The lowest BCUT2D eigenvalue weighted by molar-refractivity contribution is -0.148. The summed E-state index contributed by atoms with van der Waals surface area (Å²) in [4.78, 5) is 27.6. The number of aliphatic carboxylic acids is 1. The van der Waals surface area contributed by atoms with Gasteiger partial charge in [0.25, 0.3) is 5.91 Å². The summed E-state index contributed by atoms with van der Waals surface area (Å²) in [7, 11) is 0. The van der Waals surface area contributed by atoms with Gasteiger partial charge in [-0.25, -0.2) is 4.98 Å². The first-order chi connectivity index (χ1) is 8.93. The van der Waals surface area contributed by atoms with Crippen LogP contribution in [0.4, 0.5) is 0 Å². The van der Waals surface area contributed by atoms with Gasteiger partial charge in [0.15, 0.2) is 0 Å². The first-order valence-corrected chi connectivity index (χ1v) is 6.41. The van der Waals surface area contributed by atoms with Gasteiger partial charge in [-0.2, -0.15) is 0 Å². The maximum atomic E-state index is 12.1. The largest absolute Gasteiger partial charge is 0.481 e. The Morgan fingerprint density at radius 1 is 1.47 bits per heavy atom. The molecule has 0 aromatic carbocycles. The summed E-state index contributed by atoms with van der Waals surface area (Å²) in [6, 6.07) is 4.88. The number of hydrogen-bond acceptors (Lipinski definition) is 3. The highest BCUT2D eigenvalue weighted by atomic mass is 16.4. The Balaban J connectivity index is 2.13. The molecule has 2 unspecified atom stereocenters. The zero-order valence-corrected chi connectivity index (χ0v) is 11.1. The minimum atomic E-state index is -0.876. The molecule has 1 aliphatic rings. The summed E-state index contributed by atoms with van der Waals surface area (Å²) in [5.41, 5.74) is 0.221. The van der Waals surface area contributed by atoms with Crippen LogP contribution in [0.15, 0.2) is 18.2 Å². The summed E-state index contributed by atoms with van der Waals surface area (Å²) in [5.74, 6) is -1.16. The van der Waals surface area contributed by atoms with Crippen molar-refractivity contribution in [3.8, 4) is 0 Å². The lowest BCUT2D eigenvalue weighted by Gasteiger charge is -2.27. The fraction of sp³-hybridized carbons (Fsp3) is 0.500. The van der Waals surface area contributed by atoms with Gasteiger partial charge in [-0.15, -0.1) is 0 Å². The molecule has 2 atom stereocenters. The van der Waals surface area contributed by atoms with Crippen molar-refractivity contribution in [3.63, 3.8) is 0 Å². The summed E-state index contributed by atoms with van der Waals surface area (Å²) < 4.78 is 0. The quantitative estimate of drug-likeness (QED) is 0.870. The molecule has 1 amide bonds. The van der Waals surface area contributed by atoms with Gasteiger partial charge in [0.05, 0.1) is 5.41 Å². The summed E-state index contributed by atoms with van der Waals surface area (Å²) in [6.07, 6.45) is 2.10. The van der Waals surface area contributed by atoms with Crippen molar-refractivity contribution in [2.24, 2.45) is 5.41 Å². The monoisotopic (exact) mass is 262 g/mol. The van der Waals surface area contributed by atoms with Crippen molar-refractivity contribution >= 4 is 11.9 Å². The van der Waals surface area contributed by atoms with Crippen LogP contribution in [0.2, 0.25) is 0 Å². The SMILES string of the molecule is Cc1cccc(C(=O)NC2CCCC2(C)C(=O)O)n1. The number of hydrogen-bond donors (Lipinski definition) is 2. The molecule has 1 saturated carbocycles. The molecule has 19 heavy (non-hydrogen) atoms. The fourth-order valence-electron chi connectivity index (χ4n) is 2.56. The molecule has 1 aromatic heterocycles. The van der Waals surface area contributed by atoms with Crippen molar-refractivity contribution in [3.05, 3.63) is 29.6 Å². The van der Waals surface area contributed by atoms with E-state index in [0.29, 0.717) is 18.5 Å². The van der Waals surface area contributed by atoms with E-state index in [2.05, 4.69) is 10.3 Å². The number of amides is 1. The Labute approximate surface area is 112 Å². The second-order valence-electron chi connectivity index (χ2n) is 5.31. The number of pyridine rings is 1. The third kappa shape index (κ3) is 2.59. The van der Waals surface area contributed by atoms with Gasteiger partial charge in [-0.3, -0.25) is 9.59 Å². The van der Waals surface area contributed by atoms with E-state index in [1.807, 2.05) is 13.0 Å². The summed E-state index contributed by atoms with van der Waals surface area (Å²) in [5, 5.41) is 12.1. The summed E-state index contributed by atoms with van der Waals surface area (Å²) in [6.45, 7) is 3.50. The van der Waals surface area contributed by atoms with Gasteiger partial charge in [-0.05, 0) is 38.8 Å². The van der Waals surface area contributed by atoms with E-state index < -0.39 is 11.4 Å². The van der Waals surface area contributed by atoms with E-state index in [1.54, 1.807) is 19.1 Å². The average molecular weight is 262 g/mol. The Morgan fingerprint density at radius 3 is 2.84 bits per heavy atom. The number of aryl methyl sites for hydroxylation is 1. The lowest BCUT2D eigenvalue weighted by atomic mass is 9.85. The van der Waals surface area contributed by atoms with Crippen LogP contribution in [-0.2, 0) is 4.79 Å². The number of rotatable bonds is 3. The normalized spacial score (nSPS) is 26.1. The van der Waals surface area contributed by atoms with E-state index in [9.17, 15) is 14.7 Å². The predicted molar refractivity (Wildman–Crippen MR) is 69.8 cm³/mol. The third-order valence-electron chi connectivity index (χ3n) is 3.87. The van der Waals surface area contributed by atoms with Gasteiger partial charge >= 0.3 is 5.97 Å². The standard InChI is InChI=1S/C14H18N2O3/c1-9-5-3-6-10(15-9)12(17)16-11-7-4-8-14(11,2)13(18)19/h3,5-6,11H,4,7-8H2,1-2H3,(H,16,17)(H,18,19). The molecule has 5 nitrogen and oxygen atoms in total. The molecule has 102 valence electrons. The molecule has 2 N–H and O–H groups in total. The molecule has 1 heterocycles. The van der Waals surface area contributed by atoms with Gasteiger partial charge in [0.1, 0.15) is 5.69 Å². The molecule has 1 fully saturated rings. The van der Waals surface area contributed by atoms with Crippen LogP contribution < -0.4 is 5.32 Å². The number of carboxylic acid groups (broad SMARTS) is 1. The van der Waals surface area contributed by atoms with Crippen molar-refractivity contribution in [1.82, 2.24) is 10.3 Å². The minimum absolute atomic E-state index is 0.303. The fourth-order valence-corrected chi connectivity index (χ4v) is 2.56. The number of nitrogens with zero attached hydrogens (tertiary/aromatic N) is 1. The smallest absolute Gasteiger partial charge is 0.311 e. The maximum Gasteiger partial charge on any atom is 0.311 e. The lowest BCUT2D eigenvalue weighted by Crippen LogP contribution is -2.47. The van der Waals surface area contributed by atoms with Crippen molar-refractivity contribution in [2.45, 2.75) is 39.2 Å². The first kappa shape index (κ1) is 13.5. The molecule has 1 aromatic rings. The average Bonchev–Trinajstić information content (AvgIpc) is 2.72. The van der Waals surface area contributed by atoms with E-state index in [0.717, 1.165) is 12.1 Å².